The van der Waals surface area contributed by atoms with E-state index in [9.17, 15) is 14.7 Å². The Labute approximate surface area is 125 Å². The third-order valence-corrected chi connectivity index (χ3v) is 3.61. The zero-order chi connectivity index (χ0) is 15.2. The zero-order valence-corrected chi connectivity index (χ0v) is 12.3. The van der Waals surface area contributed by atoms with E-state index in [0.29, 0.717) is 24.9 Å². The fraction of sp³-hybridized carbons (Fsp3) is 0.500. The molecular weight excluding hydrogens is 268 g/mol. The van der Waals surface area contributed by atoms with E-state index in [2.05, 4.69) is 5.32 Å². The van der Waals surface area contributed by atoms with Gasteiger partial charge in [0.15, 0.2) is 0 Å². The minimum atomic E-state index is -0.512. The van der Waals surface area contributed by atoms with Crippen molar-refractivity contribution in [3.8, 4) is 0 Å². The minimum Gasteiger partial charge on any atom is -0.391 e. The quantitative estimate of drug-likeness (QED) is 0.838. The number of carbonyl (C=O) groups excluding carboxylic acids is 2. The van der Waals surface area contributed by atoms with E-state index in [-0.39, 0.29) is 18.4 Å². The molecule has 2 rings (SSSR count). The molecule has 0 spiro atoms. The van der Waals surface area contributed by atoms with Gasteiger partial charge < -0.3 is 15.3 Å². The van der Waals surface area contributed by atoms with Crippen LogP contribution in [-0.4, -0.2) is 36.1 Å². The molecule has 0 aromatic heterocycles. The first-order chi connectivity index (χ1) is 10.1. The lowest BCUT2D eigenvalue weighted by atomic mass is 10.1. The molecule has 1 unspecified atom stereocenters. The van der Waals surface area contributed by atoms with E-state index in [0.717, 1.165) is 18.5 Å². The number of benzene rings is 1. The number of aliphatic hydroxyl groups excluding tert-OH is 1. The van der Waals surface area contributed by atoms with E-state index in [1.807, 2.05) is 13.0 Å². The maximum absolute atomic E-state index is 12.1. The van der Waals surface area contributed by atoms with Crippen LogP contribution in [0, 0.1) is 0 Å². The Kier molecular flexibility index (Phi) is 5.33. The van der Waals surface area contributed by atoms with Crippen molar-refractivity contribution in [2.75, 3.05) is 18.0 Å². The van der Waals surface area contributed by atoms with Crippen LogP contribution >= 0.6 is 0 Å². The molecular formula is C16H22N2O3. The van der Waals surface area contributed by atoms with Crippen LogP contribution in [-0.2, 0) is 4.79 Å². The molecule has 0 bridgehead atoms. The molecule has 1 aromatic carbocycles. The third kappa shape index (κ3) is 4.04. The van der Waals surface area contributed by atoms with Gasteiger partial charge in [-0.25, -0.2) is 0 Å². The second-order valence-corrected chi connectivity index (χ2v) is 5.35. The minimum absolute atomic E-state index is 0.103. The van der Waals surface area contributed by atoms with Crippen molar-refractivity contribution in [3.63, 3.8) is 0 Å². The Morgan fingerprint density at radius 3 is 2.95 bits per heavy atom. The standard InChI is InChI=1S/C16H22N2O3/c1-2-5-14(19)11-17-16(21)12-6-3-7-13(10-12)18-9-4-8-15(18)20/h3,6-7,10,14,19H,2,4-5,8-9,11H2,1H3,(H,17,21). The maximum atomic E-state index is 12.1. The summed E-state index contributed by atoms with van der Waals surface area (Å²) in [6.07, 6.45) is 2.46. The molecule has 5 nitrogen and oxygen atoms in total. The predicted molar refractivity (Wildman–Crippen MR) is 81.3 cm³/mol. The number of nitrogens with one attached hydrogen (secondary N) is 1. The summed E-state index contributed by atoms with van der Waals surface area (Å²) in [6, 6.07) is 7.06. The normalized spacial score (nSPS) is 16.1. The van der Waals surface area contributed by atoms with Gasteiger partial charge in [-0.3, -0.25) is 9.59 Å². The van der Waals surface area contributed by atoms with Crippen molar-refractivity contribution in [1.82, 2.24) is 5.32 Å². The molecule has 0 saturated carbocycles. The number of aliphatic hydroxyl groups is 1. The largest absolute Gasteiger partial charge is 0.391 e. The molecule has 21 heavy (non-hydrogen) atoms. The number of rotatable bonds is 6. The summed E-state index contributed by atoms with van der Waals surface area (Å²) in [7, 11) is 0. The van der Waals surface area contributed by atoms with Crippen molar-refractivity contribution in [2.45, 2.75) is 38.7 Å². The van der Waals surface area contributed by atoms with Crippen molar-refractivity contribution in [3.05, 3.63) is 29.8 Å². The fourth-order valence-electron chi connectivity index (χ4n) is 2.48. The summed E-state index contributed by atoms with van der Waals surface area (Å²) in [5.41, 5.74) is 1.27. The van der Waals surface area contributed by atoms with Gasteiger partial charge in [-0.15, -0.1) is 0 Å². The molecule has 114 valence electrons. The molecule has 1 heterocycles. The van der Waals surface area contributed by atoms with Crippen LogP contribution in [0.15, 0.2) is 24.3 Å². The van der Waals surface area contributed by atoms with Gasteiger partial charge in [0.1, 0.15) is 0 Å². The Morgan fingerprint density at radius 2 is 2.29 bits per heavy atom. The molecule has 2 amide bonds. The topological polar surface area (TPSA) is 69.6 Å². The molecule has 0 radical (unpaired) electrons. The first-order valence-electron chi connectivity index (χ1n) is 7.48. The Balaban J connectivity index is 2.00. The average molecular weight is 290 g/mol. The van der Waals surface area contributed by atoms with Crippen LogP contribution < -0.4 is 10.2 Å². The highest BCUT2D eigenvalue weighted by Gasteiger charge is 2.22. The number of nitrogens with zero attached hydrogens (tertiary/aromatic N) is 1. The van der Waals surface area contributed by atoms with Crippen LogP contribution in [0.25, 0.3) is 0 Å². The Hall–Kier alpha value is -1.88. The van der Waals surface area contributed by atoms with Crippen LogP contribution in [0.3, 0.4) is 0 Å². The predicted octanol–water partition coefficient (Wildman–Crippen LogP) is 1.70. The lowest BCUT2D eigenvalue weighted by Crippen LogP contribution is -2.32. The molecule has 1 saturated heterocycles. The Bertz CT molecular complexity index is 516. The van der Waals surface area contributed by atoms with E-state index >= 15 is 0 Å². The maximum Gasteiger partial charge on any atom is 0.251 e. The highest BCUT2D eigenvalue weighted by molar-refractivity contribution is 5.99. The number of anilines is 1. The second kappa shape index (κ2) is 7.22. The first-order valence-corrected chi connectivity index (χ1v) is 7.48. The second-order valence-electron chi connectivity index (χ2n) is 5.35. The van der Waals surface area contributed by atoms with Gasteiger partial charge in [-0.2, -0.15) is 0 Å². The molecule has 1 aliphatic heterocycles. The van der Waals surface area contributed by atoms with Gasteiger partial charge in [-0.05, 0) is 31.0 Å². The zero-order valence-electron chi connectivity index (χ0n) is 12.3. The SMILES string of the molecule is CCCC(O)CNC(=O)c1cccc(N2CCCC2=O)c1. The van der Waals surface area contributed by atoms with Crippen LogP contribution in [0.5, 0.6) is 0 Å². The number of carbonyl (C=O) groups is 2. The van der Waals surface area contributed by atoms with Gasteiger partial charge in [0.25, 0.3) is 5.91 Å². The first kappa shape index (κ1) is 15.5. The van der Waals surface area contributed by atoms with Gasteiger partial charge in [0.05, 0.1) is 6.10 Å². The van der Waals surface area contributed by atoms with Crippen molar-refractivity contribution in [1.29, 1.82) is 0 Å². The van der Waals surface area contributed by atoms with Crippen molar-refractivity contribution in [2.24, 2.45) is 0 Å². The van der Waals surface area contributed by atoms with E-state index < -0.39 is 6.10 Å². The summed E-state index contributed by atoms with van der Waals surface area (Å²) in [6.45, 7) is 2.94. The highest BCUT2D eigenvalue weighted by atomic mass is 16.3. The molecule has 1 aromatic rings. The van der Waals surface area contributed by atoms with Crippen LogP contribution in [0.2, 0.25) is 0 Å². The summed E-state index contributed by atoms with van der Waals surface area (Å²) in [5, 5.41) is 12.4. The summed E-state index contributed by atoms with van der Waals surface area (Å²) in [5.74, 6) is -0.121. The molecule has 2 N–H and O–H groups in total. The smallest absolute Gasteiger partial charge is 0.251 e. The fourth-order valence-corrected chi connectivity index (χ4v) is 2.48. The lowest BCUT2D eigenvalue weighted by Gasteiger charge is -2.16. The molecule has 1 atom stereocenters. The van der Waals surface area contributed by atoms with E-state index in [4.69, 9.17) is 0 Å². The summed E-state index contributed by atoms with van der Waals surface area (Å²) < 4.78 is 0. The third-order valence-electron chi connectivity index (χ3n) is 3.61. The van der Waals surface area contributed by atoms with Gasteiger partial charge in [0, 0.05) is 30.8 Å². The molecule has 1 fully saturated rings. The van der Waals surface area contributed by atoms with Gasteiger partial charge in [-0.1, -0.05) is 19.4 Å². The number of hydrogen-bond acceptors (Lipinski definition) is 3. The number of hydrogen-bond donors (Lipinski definition) is 2. The average Bonchev–Trinajstić information content (AvgIpc) is 2.91. The van der Waals surface area contributed by atoms with Crippen molar-refractivity contribution < 1.29 is 14.7 Å². The van der Waals surface area contributed by atoms with Crippen molar-refractivity contribution >= 4 is 17.5 Å². The lowest BCUT2D eigenvalue weighted by molar-refractivity contribution is -0.117. The number of amides is 2. The summed E-state index contributed by atoms with van der Waals surface area (Å²) in [4.78, 5) is 25.5. The molecule has 0 aliphatic carbocycles. The molecule has 1 aliphatic rings. The van der Waals surface area contributed by atoms with Gasteiger partial charge >= 0.3 is 0 Å². The highest BCUT2D eigenvalue weighted by Crippen LogP contribution is 2.22. The molecule has 5 heteroatoms. The summed E-state index contributed by atoms with van der Waals surface area (Å²) >= 11 is 0. The van der Waals surface area contributed by atoms with Gasteiger partial charge in [0.2, 0.25) is 5.91 Å². The Morgan fingerprint density at radius 1 is 1.48 bits per heavy atom. The van der Waals surface area contributed by atoms with Crippen LogP contribution in [0.1, 0.15) is 43.0 Å². The van der Waals surface area contributed by atoms with E-state index in [1.54, 1.807) is 23.1 Å². The van der Waals surface area contributed by atoms with E-state index in [1.165, 1.54) is 0 Å². The monoisotopic (exact) mass is 290 g/mol. The van der Waals surface area contributed by atoms with Crippen LogP contribution in [0.4, 0.5) is 5.69 Å².